The Hall–Kier alpha value is -0.940. The minimum absolute atomic E-state index is 0.124. The smallest absolute Gasteiger partial charge is 0.258 e. The number of halogens is 2. The van der Waals surface area contributed by atoms with E-state index in [1.165, 1.54) is 6.07 Å². The Balaban J connectivity index is 2.26. The van der Waals surface area contributed by atoms with E-state index >= 15 is 0 Å². The molecule has 2 rings (SSSR count). The van der Waals surface area contributed by atoms with Gasteiger partial charge in [0.05, 0.1) is 5.56 Å². The van der Waals surface area contributed by atoms with Gasteiger partial charge in [0.15, 0.2) is 0 Å². The van der Waals surface area contributed by atoms with Gasteiger partial charge in [-0.05, 0) is 41.9 Å². The van der Waals surface area contributed by atoms with Crippen molar-refractivity contribution in [1.29, 1.82) is 0 Å². The maximum Gasteiger partial charge on any atom is 0.258 e. The molecule has 2 unspecified atom stereocenters. The molecule has 1 N–H and O–H groups in total. The molecule has 1 fully saturated rings. The number of hydrogen-bond acceptors (Lipinski definition) is 2. The minimum atomic E-state index is -0.479. The lowest BCUT2D eigenvalue weighted by Gasteiger charge is -2.36. The Kier molecular flexibility index (Phi) is 4.02. The first-order valence-electron chi connectivity index (χ1n) is 5.98. The molecule has 1 aromatic carbocycles. The molecular formula is C13H16BrFN2O. The second-order valence-corrected chi connectivity index (χ2v) is 5.63. The molecule has 0 spiro atoms. The van der Waals surface area contributed by atoms with Gasteiger partial charge in [-0.3, -0.25) is 4.79 Å². The van der Waals surface area contributed by atoms with E-state index in [4.69, 9.17) is 0 Å². The molecule has 1 aliphatic heterocycles. The number of nitrogens with zero attached hydrogens (tertiary/aromatic N) is 1. The predicted molar refractivity (Wildman–Crippen MR) is 72.1 cm³/mol. The number of carbonyl (C=O) groups excluding carboxylic acids is 1. The summed E-state index contributed by atoms with van der Waals surface area (Å²) in [7, 11) is 0. The van der Waals surface area contributed by atoms with E-state index in [2.05, 4.69) is 21.2 Å². The van der Waals surface area contributed by atoms with Gasteiger partial charge in [0.2, 0.25) is 0 Å². The summed E-state index contributed by atoms with van der Waals surface area (Å²) in [6, 6.07) is 5.03. The number of hydrogen-bond donors (Lipinski definition) is 1. The Morgan fingerprint density at radius 2 is 2.00 bits per heavy atom. The van der Waals surface area contributed by atoms with Crippen LogP contribution in [0.25, 0.3) is 0 Å². The highest BCUT2D eigenvalue weighted by molar-refractivity contribution is 9.10. The third-order valence-corrected chi connectivity index (χ3v) is 3.68. The van der Waals surface area contributed by atoms with Crippen LogP contribution in [-0.2, 0) is 0 Å². The number of benzene rings is 1. The standard InChI is InChI=1S/C13H16BrFN2O/c1-8-6-17(7-9(2)16-8)13(18)12-10(14)4-3-5-11(12)15/h3-5,8-9,16H,6-7H2,1-2H3. The maximum atomic E-state index is 13.8. The van der Waals surface area contributed by atoms with Crippen molar-refractivity contribution in [3.8, 4) is 0 Å². The van der Waals surface area contributed by atoms with Gasteiger partial charge in [0.25, 0.3) is 5.91 Å². The zero-order valence-corrected chi connectivity index (χ0v) is 12.0. The molecule has 18 heavy (non-hydrogen) atoms. The highest BCUT2D eigenvalue weighted by Gasteiger charge is 2.28. The molecule has 0 saturated carbocycles. The van der Waals surface area contributed by atoms with Crippen LogP contribution in [0.2, 0.25) is 0 Å². The Morgan fingerprint density at radius 1 is 1.39 bits per heavy atom. The van der Waals surface area contributed by atoms with E-state index in [1.807, 2.05) is 13.8 Å². The first-order chi connectivity index (χ1) is 8.49. The fourth-order valence-corrected chi connectivity index (χ4v) is 2.86. The van der Waals surface area contributed by atoms with E-state index in [-0.39, 0.29) is 23.6 Å². The summed E-state index contributed by atoms with van der Waals surface area (Å²) < 4.78 is 14.3. The van der Waals surface area contributed by atoms with Crippen LogP contribution in [0.15, 0.2) is 22.7 Å². The molecule has 1 aliphatic rings. The number of piperazine rings is 1. The molecule has 98 valence electrons. The van der Waals surface area contributed by atoms with E-state index in [0.29, 0.717) is 17.6 Å². The van der Waals surface area contributed by atoms with E-state index in [1.54, 1.807) is 17.0 Å². The van der Waals surface area contributed by atoms with Crippen LogP contribution in [0.1, 0.15) is 24.2 Å². The van der Waals surface area contributed by atoms with Crippen LogP contribution in [0, 0.1) is 5.82 Å². The zero-order valence-electron chi connectivity index (χ0n) is 10.4. The molecule has 1 heterocycles. The van der Waals surface area contributed by atoms with Gasteiger partial charge < -0.3 is 10.2 Å². The molecule has 3 nitrogen and oxygen atoms in total. The molecule has 1 aromatic rings. The summed E-state index contributed by atoms with van der Waals surface area (Å²) in [5.41, 5.74) is 0.124. The lowest BCUT2D eigenvalue weighted by atomic mass is 10.1. The van der Waals surface area contributed by atoms with E-state index in [9.17, 15) is 9.18 Å². The van der Waals surface area contributed by atoms with Gasteiger partial charge in [-0.15, -0.1) is 0 Å². The van der Waals surface area contributed by atoms with Crippen LogP contribution in [-0.4, -0.2) is 36.0 Å². The largest absolute Gasteiger partial charge is 0.335 e. The normalized spacial score (nSPS) is 24.1. The Morgan fingerprint density at radius 3 is 2.56 bits per heavy atom. The minimum Gasteiger partial charge on any atom is -0.335 e. The van der Waals surface area contributed by atoms with Crippen LogP contribution in [0.4, 0.5) is 4.39 Å². The van der Waals surface area contributed by atoms with Crippen LogP contribution in [0.3, 0.4) is 0 Å². The Labute approximate surface area is 114 Å². The van der Waals surface area contributed by atoms with Crippen molar-refractivity contribution in [3.05, 3.63) is 34.1 Å². The molecule has 1 amide bonds. The lowest BCUT2D eigenvalue weighted by Crippen LogP contribution is -2.56. The molecule has 0 aliphatic carbocycles. The first-order valence-corrected chi connectivity index (χ1v) is 6.77. The van der Waals surface area contributed by atoms with Gasteiger partial charge in [-0.1, -0.05) is 6.07 Å². The van der Waals surface area contributed by atoms with Crippen LogP contribution >= 0.6 is 15.9 Å². The van der Waals surface area contributed by atoms with Crippen molar-refractivity contribution in [3.63, 3.8) is 0 Å². The summed E-state index contributed by atoms with van der Waals surface area (Å²) in [5.74, 6) is -0.728. The topological polar surface area (TPSA) is 32.3 Å². The highest BCUT2D eigenvalue weighted by Crippen LogP contribution is 2.22. The number of rotatable bonds is 1. The second kappa shape index (κ2) is 5.36. The monoisotopic (exact) mass is 314 g/mol. The molecule has 0 radical (unpaired) electrons. The van der Waals surface area contributed by atoms with Crippen LogP contribution in [0.5, 0.6) is 0 Å². The molecule has 0 bridgehead atoms. The van der Waals surface area contributed by atoms with Crippen molar-refractivity contribution in [2.45, 2.75) is 25.9 Å². The summed E-state index contributed by atoms with van der Waals surface area (Å²) in [5, 5.41) is 3.35. The molecule has 0 aromatic heterocycles. The first kappa shape index (κ1) is 13.5. The fraction of sp³-hybridized carbons (Fsp3) is 0.462. The molecule has 5 heteroatoms. The van der Waals surface area contributed by atoms with Gasteiger partial charge in [0, 0.05) is 29.6 Å². The van der Waals surface area contributed by atoms with E-state index in [0.717, 1.165) is 0 Å². The van der Waals surface area contributed by atoms with E-state index < -0.39 is 5.82 Å². The third kappa shape index (κ3) is 2.72. The van der Waals surface area contributed by atoms with Crippen molar-refractivity contribution in [2.75, 3.05) is 13.1 Å². The number of amides is 1. The number of nitrogens with one attached hydrogen (secondary N) is 1. The Bertz CT molecular complexity index is 436. The van der Waals surface area contributed by atoms with Crippen molar-refractivity contribution in [1.82, 2.24) is 10.2 Å². The summed E-state index contributed by atoms with van der Waals surface area (Å²) in [6.07, 6.45) is 0. The van der Waals surface area contributed by atoms with Crippen molar-refractivity contribution in [2.24, 2.45) is 0 Å². The van der Waals surface area contributed by atoms with Crippen LogP contribution < -0.4 is 5.32 Å². The van der Waals surface area contributed by atoms with Crippen molar-refractivity contribution < 1.29 is 9.18 Å². The average Bonchev–Trinajstić information content (AvgIpc) is 2.27. The molecule has 1 saturated heterocycles. The van der Waals surface area contributed by atoms with Crippen molar-refractivity contribution >= 4 is 21.8 Å². The predicted octanol–water partition coefficient (Wildman–Crippen LogP) is 2.41. The molecule has 2 atom stereocenters. The summed E-state index contributed by atoms with van der Waals surface area (Å²) >= 11 is 3.24. The number of carbonyl (C=O) groups is 1. The lowest BCUT2D eigenvalue weighted by molar-refractivity contribution is 0.0668. The highest BCUT2D eigenvalue weighted by atomic mass is 79.9. The van der Waals surface area contributed by atoms with Gasteiger partial charge in [-0.25, -0.2) is 4.39 Å². The second-order valence-electron chi connectivity index (χ2n) is 4.78. The van der Waals surface area contributed by atoms with Gasteiger partial charge in [0.1, 0.15) is 5.82 Å². The third-order valence-electron chi connectivity index (χ3n) is 3.02. The fourth-order valence-electron chi connectivity index (χ4n) is 2.35. The van der Waals surface area contributed by atoms with Gasteiger partial charge >= 0.3 is 0 Å². The molecular weight excluding hydrogens is 299 g/mol. The summed E-state index contributed by atoms with van der Waals surface area (Å²) in [4.78, 5) is 14.1. The average molecular weight is 315 g/mol. The summed E-state index contributed by atoms with van der Waals surface area (Å²) in [6.45, 7) is 5.24. The quantitative estimate of drug-likeness (QED) is 0.863. The maximum absolute atomic E-state index is 13.8. The SMILES string of the molecule is CC1CN(C(=O)c2c(F)cccc2Br)CC(C)N1. The zero-order chi connectivity index (χ0) is 13.3. The van der Waals surface area contributed by atoms with Gasteiger partial charge in [-0.2, -0.15) is 0 Å².